The Kier molecular flexibility index (Phi) is 5.79. The van der Waals surface area contributed by atoms with E-state index in [4.69, 9.17) is 21.7 Å². The van der Waals surface area contributed by atoms with Crippen molar-refractivity contribution in [3.05, 3.63) is 112 Å². The van der Waals surface area contributed by atoms with Crippen LogP contribution in [0.1, 0.15) is 11.1 Å². The third-order valence-corrected chi connectivity index (χ3v) is 6.28. The number of thioether (sulfide) groups is 1. The highest BCUT2D eigenvalue weighted by atomic mass is 35.5. The van der Waals surface area contributed by atoms with Crippen molar-refractivity contribution in [3.63, 3.8) is 0 Å². The van der Waals surface area contributed by atoms with Gasteiger partial charge in [0.05, 0.1) is 5.36 Å². The average Bonchev–Trinajstić information content (AvgIpc) is 2.82. The van der Waals surface area contributed by atoms with Gasteiger partial charge in [0.15, 0.2) is 11.3 Å². The monoisotopic (exact) mass is 458 g/mol. The number of carbonyl (C=O) groups is 1. The number of fused-ring (bicyclic) bond motifs is 2. The Morgan fingerprint density at radius 2 is 1.75 bits per heavy atom. The van der Waals surface area contributed by atoms with Crippen LogP contribution in [-0.4, -0.2) is 22.2 Å². The van der Waals surface area contributed by atoms with E-state index in [9.17, 15) is 4.79 Å². The number of nitrogens with one attached hydrogen (secondary N) is 1. The van der Waals surface area contributed by atoms with Gasteiger partial charge in [-0.2, -0.15) is 0 Å². The number of para-hydroxylation sites is 1. The molecule has 158 valence electrons. The highest BCUT2D eigenvalue weighted by molar-refractivity contribution is 8.13. The molecule has 0 radical (unpaired) electrons. The number of hydrogen-bond acceptors (Lipinski definition) is 5. The zero-order chi connectivity index (χ0) is 21.9. The summed E-state index contributed by atoms with van der Waals surface area (Å²) in [7, 11) is 0. The quantitative estimate of drug-likeness (QED) is 0.647. The van der Waals surface area contributed by atoms with Gasteiger partial charge in [-0.1, -0.05) is 90.1 Å². The van der Waals surface area contributed by atoms with Crippen LogP contribution in [0.5, 0.6) is 0 Å². The summed E-state index contributed by atoms with van der Waals surface area (Å²) in [5, 5.41) is 12.2. The summed E-state index contributed by atoms with van der Waals surface area (Å²) < 4.78 is 0. The molecule has 2 heterocycles. The van der Waals surface area contributed by atoms with Gasteiger partial charge in [0.2, 0.25) is 0 Å². The van der Waals surface area contributed by atoms with Crippen LogP contribution in [0, 0.1) is 0 Å². The first-order valence-corrected chi connectivity index (χ1v) is 11.5. The van der Waals surface area contributed by atoms with Gasteiger partial charge in [-0.15, -0.1) is 5.10 Å². The largest absolute Gasteiger partial charge is 0.298 e. The maximum atomic E-state index is 13.1. The molecule has 1 amide bonds. The van der Waals surface area contributed by atoms with Gasteiger partial charge < -0.3 is 0 Å². The van der Waals surface area contributed by atoms with Gasteiger partial charge in [0, 0.05) is 16.0 Å². The van der Waals surface area contributed by atoms with Crippen molar-refractivity contribution >= 4 is 46.2 Å². The molecule has 1 N–H and O–H groups in total. The van der Waals surface area contributed by atoms with E-state index < -0.39 is 6.17 Å². The molecular weight excluding hydrogens is 440 g/mol. The number of hydrogen-bond donors (Lipinski definition) is 1. The second kappa shape index (κ2) is 9.02. The second-order valence-electron chi connectivity index (χ2n) is 7.30. The van der Waals surface area contributed by atoms with E-state index >= 15 is 0 Å². The minimum atomic E-state index is -0.419. The summed E-state index contributed by atoms with van der Waals surface area (Å²) in [6.07, 6.45) is 3.55. The molecule has 0 saturated heterocycles. The zero-order valence-electron chi connectivity index (χ0n) is 17.0. The molecule has 5 rings (SSSR count). The van der Waals surface area contributed by atoms with Gasteiger partial charge in [0.1, 0.15) is 5.70 Å². The second-order valence-corrected chi connectivity index (χ2v) is 8.70. The van der Waals surface area contributed by atoms with E-state index in [2.05, 4.69) is 5.32 Å². The normalized spacial score (nSPS) is 17.3. The van der Waals surface area contributed by atoms with Crippen molar-refractivity contribution in [2.45, 2.75) is 11.9 Å². The SMILES string of the molecule is O=C1NC(SCc2ccc(Cl)cc2)=NN2C1=c1ccccc1=N[C@@H]2/C=C/c1ccccc1. The molecule has 0 unspecified atom stereocenters. The molecule has 3 aromatic rings. The highest BCUT2D eigenvalue weighted by Gasteiger charge is 2.32. The molecule has 0 spiro atoms. The number of benzene rings is 3. The number of rotatable bonds is 4. The fraction of sp³-hybridized carbons (Fsp3) is 0.0800. The van der Waals surface area contributed by atoms with Crippen LogP contribution >= 0.6 is 23.4 Å². The first-order chi connectivity index (χ1) is 15.7. The Bertz CT molecular complexity index is 1340. The molecule has 32 heavy (non-hydrogen) atoms. The molecule has 7 heteroatoms. The minimum absolute atomic E-state index is 0.181. The molecular formula is C25H19ClN4OS. The van der Waals surface area contributed by atoms with Gasteiger partial charge in [-0.3, -0.25) is 15.1 Å². The molecule has 0 bridgehead atoms. The lowest BCUT2D eigenvalue weighted by atomic mass is 10.1. The van der Waals surface area contributed by atoms with Crippen molar-refractivity contribution in [2.75, 3.05) is 0 Å². The predicted molar refractivity (Wildman–Crippen MR) is 130 cm³/mol. The Labute approximate surface area is 194 Å². The first-order valence-electron chi connectivity index (χ1n) is 10.1. The van der Waals surface area contributed by atoms with Crippen LogP contribution in [0.15, 0.2) is 95.0 Å². The van der Waals surface area contributed by atoms with E-state index in [-0.39, 0.29) is 5.91 Å². The molecule has 2 aliphatic rings. The Hall–Kier alpha value is -3.35. The van der Waals surface area contributed by atoms with Crippen LogP contribution in [0.25, 0.3) is 11.8 Å². The number of amidine groups is 1. The minimum Gasteiger partial charge on any atom is -0.298 e. The maximum absolute atomic E-state index is 13.1. The predicted octanol–water partition coefficient (Wildman–Crippen LogP) is 3.76. The van der Waals surface area contributed by atoms with Crippen LogP contribution in [0.3, 0.4) is 0 Å². The number of halogens is 1. The van der Waals surface area contributed by atoms with E-state index in [0.29, 0.717) is 21.6 Å². The molecule has 3 aromatic carbocycles. The number of amides is 1. The van der Waals surface area contributed by atoms with E-state index in [0.717, 1.165) is 21.7 Å². The number of nitrogens with zero attached hydrogens (tertiary/aromatic N) is 3. The summed E-state index contributed by atoms with van der Waals surface area (Å²) in [4.78, 5) is 18.0. The Morgan fingerprint density at radius 3 is 2.56 bits per heavy atom. The summed E-state index contributed by atoms with van der Waals surface area (Å²) in [6.45, 7) is 0. The van der Waals surface area contributed by atoms with Gasteiger partial charge in [0.25, 0.3) is 5.91 Å². The summed E-state index contributed by atoms with van der Waals surface area (Å²) in [6, 6.07) is 25.3. The fourth-order valence-corrected chi connectivity index (χ4v) is 4.47. The molecule has 2 aliphatic heterocycles. The van der Waals surface area contributed by atoms with Crippen LogP contribution < -0.4 is 15.9 Å². The lowest BCUT2D eigenvalue weighted by Crippen LogP contribution is -2.52. The van der Waals surface area contributed by atoms with E-state index in [1.54, 1.807) is 5.01 Å². The third kappa shape index (κ3) is 4.33. The van der Waals surface area contributed by atoms with Gasteiger partial charge in [-0.05, 0) is 35.4 Å². The van der Waals surface area contributed by atoms with Crippen LogP contribution in [0.4, 0.5) is 0 Å². The molecule has 0 aromatic heterocycles. The molecule has 0 saturated carbocycles. The molecule has 5 nitrogen and oxygen atoms in total. The van der Waals surface area contributed by atoms with E-state index in [1.807, 2.05) is 91.0 Å². The van der Waals surface area contributed by atoms with Crippen LogP contribution in [-0.2, 0) is 10.5 Å². The summed E-state index contributed by atoms with van der Waals surface area (Å²) in [5.74, 6) is 0.483. The lowest BCUT2D eigenvalue weighted by Gasteiger charge is -2.32. The maximum Gasteiger partial charge on any atom is 0.276 e. The Balaban J connectivity index is 1.49. The van der Waals surface area contributed by atoms with Gasteiger partial charge in [-0.25, -0.2) is 5.01 Å². The standard InChI is InChI=1S/C25H19ClN4OS/c26-19-13-10-18(11-14-19)16-32-25-28-24(31)23-20-8-4-5-9-21(20)27-22(30(23)29-25)15-12-17-6-2-1-3-7-17/h1-15,22H,16H2,(H,28,29,31)/b15-12+/t22-/m0/s1. The highest BCUT2D eigenvalue weighted by Crippen LogP contribution is 2.24. The van der Waals surface area contributed by atoms with Crippen molar-refractivity contribution in [1.29, 1.82) is 0 Å². The smallest absolute Gasteiger partial charge is 0.276 e. The van der Waals surface area contributed by atoms with E-state index in [1.165, 1.54) is 11.8 Å². The van der Waals surface area contributed by atoms with Crippen molar-refractivity contribution in [2.24, 2.45) is 10.1 Å². The fourth-order valence-electron chi connectivity index (χ4n) is 3.54. The Morgan fingerprint density at radius 1 is 1.00 bits per heavy atom. The third-order valence-electron chi connectivity index (χ3n) is 5.09. The molecule has 0 aliphatic carbocycles. The molecule has 1 atom stereocenters. The van der Waals surface area contributed by atoms with Crippen molar-refractivity contribution < 1.29 is 4.79 Å². The lowest BCUT2D eigenvalue weighted by molar-refractivity contribution is -0.116. The average molecular weight is 459 g/mol. The topological polar surface area (TPSA) is 57.1 Å². The summed E-state index contributed by atoms with van der Waals surface area (Å²) in [5.41, 5.74) is 2.67. The first kappa shape index (κ1) is 20.5. The number of carbonyl (C=O) groups excluding carboxylic acids is 1. The number of hydrazone groups is 1. The zero-order valence-corrected chi connectivity index (χ0v) is 18.6. The van der Waals surface area contributed by atoms with Crippen LogP contribution in [0.2, 0.25) is 5.02 Å². The van der Waals surface area contributed by atoms with Crippen molar-refractivity contribution in [3.8, 4) is 0 Å². The summed E-state index contributed by atoms with van der Waals surface area (Å²) >= 11 is 7.44. The van der Waals surface area contributed by atoms with Gasteiger partial charge >= 0.3 is 0 Å². The molecule has 0 fully saturated rings. The van der Waals surface area contributed by atoms with Crippen molar-refractivity contribution in [1.82, 2.24) is 10.3 Å².